The summed E-state index contributed by atoms with van der Waals surface area (Å²) < 4.78 is 3.69. The number of benzene rings is 1. The molecule has 9 heteroatoms. The quantitative estimate of drug-likeness (QED) is 0.687. The molecule has 3 aromatic rings. The Kier molecular flexibility index (Phi) is 4.56. The Bertz CT molecular complexity index is 1170. The molecular weight excluding hydrogens is 382 g/mol. The van der Waals surface area contributed by atoms with Crippen LogP contribution >= 0.6 is 0 Å². The van der Waals surface area contributed by atoms with Crippen molar-refractivity contribution in [3.63, 3.8) is 0 Å². The number of hydrogen-bond acceptors (Lipinski definition) is 5. The first kappa shape index (κ1) is 19.9. The number of carbonyl (C=O) groups is 2. The summed E-state index contributed by atoms with van der Waals surface area (Å²) in [6.45, 7) is 10.2. The standard InChI is InChI=1S/C21H27N7O2/c1-6-28-16(7-12(2)25-28)19(30)24-20-23-14-8-13(18(22)29)9-15-17(14)27(20)11-21(3,4)10-26(15)5/h7-9H,6,10-11H2,1-5H3,(H2,22,29)(H,23,24,30). The van der Waals surface area contributed by atoms with Gasteiger partial charge >= 0.3 is 0 Å². The summed E-state index contributed by atoms with van der Waals surface area (Å²) in [6, 6.07) is 5.24. The zero-order valence-corrected chi connectivity index (χ0v) is 18.0. The Labute approximate surface area is 174 Å². The highest BCUT2D eigenvalue weighted by Crippen LogP contribution is 2.37. The molecule has 158 valence electrons. The molecular formula is C21H27N7O2. The lowest BCUT2D eigenvalue weighted by atomic mass is 9.93. The van der Waals surface area contributed by atoms with Gasteiger partial charge in [-0.2, -0.15) is 5.10 Å². The number of rotatable bonds is 4. The van der Waals surface area contributed by atoms with Crippen LogP contribution in [0.3, 0.4) is 0 Å². The monoisotopic (exact) mass is 409 g/mol. The van der Waals surface area contributed by atoms with Crippen LogP contribution in [0.5, 0.6) is 0 Å². The molecule has 9 nitrogen and oxygen atoms in total. The summed E-state index contributed by atoms with van der Waals surface area (Å²) in [5, 5.41) is 7.31. The van der Waals surface area contributed by atoms with E-state index < -0.39 is 5.91 Å². The first-order valence-electron chi connectivity index (χ1n) is 10.0. The number of nitrogens with zero attached hydrogens (tertiary/aromatic N) is 5. The molecule has 3 heterocycles. The molecule has 0 saturated carbocycles. The summed E-state index contributed by atoms with van der Waals surface area (Å²) in [4.78, 5) is 31.7. The van der Waals surface area contributed by atoms with Crippen molar-refractivity contribution in [3.05, 3.63) is 35.2 Å². The van der Waals surface area contributed by atoms with Crippen LogP contribution in [0.2, 0.25) is 0 Å². The molecule has 2 amide bonds. The van der Waals surface area contributed by atoms with Crippen molar-refractivity contribution < 1.29 is 9.59 Å². The summed E-state index contributed by atoms with van der Waals surface area (Å²) >= 11 is 0. The Morgan fingerprint density at radius 1 is 1.23 bits per heavy atom. The average Bonchev–Trinajstić information content (AvgIpc) is 3.17. The van der Waals surface area contributed by atoms with E-state index in [1.807, 2.05) is 25.5 Å². The zero-order valence-electron chi connectivity index (χ0n) is 18.0. The molecule has 0 unspecified atom stereocenters. The molecule has 1 aromatic carbocycles. The number of anilines is 2. The van der Waals surface area contributed by atoms with Crippen LogP contribution < -0.4 is 16.0 Å². The number of nitrogens with one attached hydrogen (secondary N) is 1. The van der Waals surface area contributed by atoms with Crippen molar-refractivity contribution in [1.29, 1.82) is 0 Å². The SMILES string of the molecule is CCn1nc(C)cc1C(=O)Nc1nc2cc(C(N)=O)cc3c2n1CC(C)(C)CN3C. The number of amides is 2. The Morgan fingerprint density at radius 3 is 2.63 bits per heavy atom. The predicted molar refractivity (Wildman–Crippen MR) is 116 cm³/mol. The summed E-state index contributed by atoms with van der Waals surface area (Å²) in [6.07, 6.45) is 0. The van der Waals surface area contributed by atoms with E-state index in [4.69, 9.17) is 5.73 Å². The zero-order chi connectivity index (χ0) is 21.8. The molecule has 1 aliphatic heterocycles. The molecule has 4 rings (SSSR count). The minimum atomic E-state index is -0.507. The van der Waals surface area contributed by atoms with Crippen LogP contribution in [0.15, 0.2) is 18.2 Å². The number of nitrogens with two attached hydrogens (primary N) is 1. The smallest absolute Gasteiger partial charge is 0.276 e. The molecule has 0 fully saturated rings. The van der Waals surface area contributed by atoms with E-state index in [9.17, 15) is 9.59 Å². The number of hydrogen-bond donors (Lipinski definition) is 2. The van der Waals surface area contributed by atoms with Crippen molar-refractivity contribution >= 4 is 34.5 Å². The Morgan fingerprint density at radius 2 is 1.97 bits per heavy atom. The lowest BCUT2D eigenvalue weighted by Crippen LogP contribution is -2.32. The fraction of sp³-hybridized carbons (Fsp3) is 0.429. The summed E-state index contributed by atoms with van der Waals surface area (Å²) in [7, 11) is 1.99. The molecule has 0 atom stereocenters. The van der Waals surface area contributed by atoms with Gasteiger partial charge in [-0.25, -0.2) is 4.98 Å². The van der Waals surface area contributed by atoms with Crippen molar-refractivity contribution in [2.24, 2.45) is 11.1 Å². The van der Waals surface area contributed by atoms with Gasteiger partial charge in [-0.15, -0.1) is 0 Å². The largest absolute Gasteiger partial charge is 0.372 e. The van der Waals surface area contributed by atoms with Gasteiger partial charge in [0.05, 0.1) is 22.4 Å². The minimum Gasteiger partial charge on any atom is -0.372 e. The molecule has 0 aliphatic carbocycles. The van der Waals surface area contributed by atoms with Gasteiger partial charge in [-0.1, -0.05) is 13.8 Å². The predicted octanol–water partition coefficient (Wildman–Crippen LogP) is 2.39. The summed E-state index contributed by atoms with van der Waals surface area (Å²) in [5.74, 6) is -0.327. The molecule has 0 saturated heterocycles. The van der Waals surface area contributed by atoms with Crippen molar-refractivity contribution in [3.8, 4) is 0 Å². The second kappa shape index (κ2) is 6.86. The number of aromatic nitrogens is 4. The summed E-state index contributed by atoms with van der Waals surface area (Å²) in [5.41, 5.74) is 9.50. The Hall–Kier alpha value is -3.36. The lowest BCUT2D eigenvalue weighted by Gasteiger charge is -2.29. The first-order chi connectivity index (χ1) is 14.1. The van der Waals surface area contributed by atoms with E-state index in [1.165, 1.54) is 0 Å². The third kappa shape index (κ3) is 3.30. The van der Waals surface area contributed by atoms with Crippen LogP contribution in [0.4, 0.5) is 11.6 Å². The van der Waals surface area contributed by atoms with Gasteiger partial charge in [0.15, 0.2) is 0 Å². The molecule has 0 spiro atoms. The second-order valence-corrected chi connectivity index (χ2v) is 8.71. The third-order valence-electron chi connectivity index (χ3n) is 5.43. The third-order valence-corrected chi connectivity index (χ3v) is 5.43. The van der Waals surface area contributed by atoms with Gasteiger partial charge in [0.1, 0.15) is 5.69 Å². The molecule has 1 aliphatic rings. The van der Waals surface area contributed by atoms with Crippen molar-refractivity contribution in [2.45, 2.75) is 40.8 Å². The highest BCUT2D eigenvalue weighted by atomic mass is 16.2. The second-order valence-electron chi connectivity index (χ2n) is 8.71. The van der Waals surface area contributed by atoms with Crippen LogP contribution in [-0.2, 0) is 13.1 Å². The van der Waals surface area contributed by atoms with E-state index >= 15 is 0 Å². The maximum Gasteiger partial charge on any atom is 0.276 e. The van der Waals surface area contributed by atoms with Gasteiger partial charge in [-0.05, 0) is 32.0 Å². The molecule has 2 aromatic heterocycles. The minimum absolute atomic E-state index is 0.0878. The van der Waals surface area contributed by atoms with Gasteiger partial charge in [-0.3, -0.25) is 19.6 Å². The average molecular weight is 409 g/mol. The van der Waals surface area contributed by atoms with Crippen molar-refractivity contribution in [1.82, 2.24) is 19.3 Å². The highest BCUT2D eigenvalue weighted by Gasteiger charge is 2.31. The first-order valence-corrected chi connectivity index (χ1v) is 10.0. The maximum atomic E-state index is 13.0. The fourth-order valence-corrected chi connectivity index (χ4v) is 4.27. The van der Waals surface area contributed by atoms with Crippen LogP contribution in [0.1, 0.15) is 47.3 Å². The molecule has 0 radical (unpaired) electrons. The van der Waals surface area contributed by atoms with Crippen LogP contribution in [0, 0.1) is 12.3 Å². The van der Waals surface area contributed by atoms with E-state index in [0.717, 1.165) is 23.4 Å². The van der Waals surface area contributed by atoms with Gasteiger partial charge < -0.3 is 15.2 Å². The van der Waals surface area contributed by atoms with E-state index in [0.29, 0.717) is 35.8 Å². The normalized spacial score (nSPS) is 15.3. The fourth-order valence-electron chi connectivity index (χ4n) is 4.27. The van der Waals surface area contributed by atoms with Crippen molar-refractivity contribution in [2.75, 3.05) is 23.8 Å². The van der Waals surface area contributed by atoms with Crippen LogP contribution in [0.25, 0.3) is 11.0 Å². The van der Waals surface area contributed by atoms with Gasteiger partial charge in [0, 0.05) is 37.7 Å². The van der Waals surface area contributed by atoms with E-state index in [-0.39, 0.29) is 11.3 Å². The van der Waals surface area contributed by atoms with E-state index in [2.05, 4.69) is 34.1 Å². The van der Waals surface area contributed by atoms with Crippen LogP contribution in [-0.4, -0.2) is 44.7 Å². The highest BCUT2D eigenvalue weighted by molar-refractivity contribution is 6.05. The number of carbonyl (C=O) groups excluding carboxylic acids is 2. The maximum absolute atomic E-state index is 13.0. The number of aryl methyl sites for hydroxylation is 2. The molecule has 0 bridgehead atoms. The molecule has 30 heavy (non-hydrogen) atoms. The topological polar surface area (TPSA) is 111 Å². The lowest BCUT2D eigenvalue weighted by molar-refractivity contribution is 0.0996. The van der Waals surface area contributed by atoms with Gasteiger partial charge in [0.2, 0.25) is 11.9 Å². The Balaban J connectivity index is 1.86. The number of imidazole rings is 1. The number of primary amides is 1. The molecule has 3 N–H and O–H groups in total. The van der Waals surface area contributed by atoms with E-state index in [1.54, 1.807) is 22.9 Å². The van der Waals surface area contributed by atoms with Gasteiger partial charge in [0.25, 0.3) is 5.91 Å².